The van der Waals surface area contributed by atoms with Gasteiger partial charge in [0.15, 0.2) is 0 Å². The molecule has 2 rings (SSSR count). The molecule has 0 heterocycles. The van der Waals surface area contributed by atoms with Crippen LogP contribution in [0.25, 0.3) is 0 Å². The van der Waals surface area contributed by atoms with E-state index in [1.54, 1.807) is 0 Å². The van der Waals surface area contributed by atoms with Crippen molar-refractivity contribution >= 4 is 40.5 Å². The summed E-state index contributed by atoms with van der Waals surface area (Å²) in [6, 6.07) is 4.31. The van der Waals surface area contributed by atoms with Crippen LogP contribution in [0, 0.1) is 0 Å². The van der Waals surface area contributed by atoms with Crippen LogP contribution in [0.4, 0.5) is 0 Å². The van der Waals surface area contributed by atoms with Gasteiger partial charge in [0.1, 0.15) is 34.5 Å². The largest absolute Gasteiger partial charge is 1.00 e. The molecule has 0 atom stereocenters. The second-order valence-electron chi connectivity index (χ2n) is 8.82. The van der Waals surface area contributed by atoms with Crippen LogP contribution in [-0.4, -0.2) is 62.1 Å². The van der Waals surface area contributed by atoms with E-state index in [-0.39, 0.29) is 40.7 Å². The average molecular weight is 628 g/mol. The third kappa shape index (κ3) is 10.0. The minimum Gasteiger partial charge on any atom is -0.507 e. The van der Waals surface area contributed by atoms with Crippen molar-refractivity contribution in [1.29, 1.82) is 0 Å². The topological polar surface area (TPSA) is 258 Å². The van der Waals surface area contributed by atoms with E-state index in [9.17, 15) is 62.1 Å². The molecule has 19 heteroatoms. The van der Waals surface area contributed by atoms with Crippen LogP contribution >= 0.6 is 0 Å². The maximum absolute atomic E-state index is 11.5. The van der Waals surface area contributed by atoms with E-state index in [0.717, 1.165) is 24.3 Å². The molecule has 38 heavy (non-hydrogen) atoms. The summed E-state index contributed by atoms with van der Waals surface area (Å²) >= 11 is 0. The summed E-state index contributed by atoms with van der Waals surface area (Å²) in [6.07, 6.45) is 0. The maximum atomic E-state index is 11.5. The molecule has 0 amide bonds. The Balaban J connectivity index is 0.00000722. The number of phenolic OH excluding ortho intramolecular Hbond substituents is 2. The second-order valence-corrected chi connectivity index (χ2v) is 14.6. The molecular weight excluding hydrogens is 603 g/mol. The van der Waals surface area contributed by atoms with Gasteiger partial charge in [-0.1, -0.05) is 38.1 Å². The molecule has 0 radical (unpaired) electrons. The Morgan fingerprint density at radius 3 is 0.868 bits per heavy atom. The zero-order chi connectivity index (χ0) is 28.8. The fourth-order valence-corrected chi connectivity index (χ4v) is 6.09. The molecule has 2 aromatic rings. The van der Waals surface area contributed by atoms with Crippen molar-refractivity contribution in [2.45, 2.75) is 42.3 Å². The molecule has 0 aliphatic carbocycles. The van der Waals surface area contributed by atoms with Gasteiger partial charge in [-0.2, -0.15) is 33.7 Å². The van der Waals surface area contributed by atoms with Crippen molar-refractivity contribution in [3.8, 4) is 11.5 Å². The van der Waals surface area contributed by atoms with E-state index in [4.69, 9.17) is 0 Å². The minimum absolute atomic E-state index is 0. The summed E-state index contributed by atoms with van der Waals surface area (Å²) < 4.78 is 129. The average Bonchev–Trinajstić information content (AvgIpc) is 2.63. The fraction of sp³-hybridized carbons (Fsp3) is 0.368. The normalized spacial score (nSPS) is 13.2. The van der Waals surface area contributed by atoms with E-state index in [1.165, 1.54) is 13.8 Å². The number of rotatable bonds is 10. The standard InChI is InChI=1S/C19H24O14S4.Na/c1-19(2,15-3-11(7-34(22,23)24)17(20)12(4-15)8-35(25,26)27)16-5-13(9-36(28,29)30)18(21)14(6-16)10-37(31,32)33;/h3-6,20-21H,7-10H2,1-2H3,(H,22,23,24)(H,25,26,27)(H,28,29,30)(H,31,32,33);/q;+1. The first kappa shape index (κ1) is 34.7. The molecule has 0 saturated carbocycles. The quantitative estimate of drug-likeness (QED) is 0.123. The molecule has 0 fully saturated rings. The van der Waals surface area contributed by atoms with Crippen molar-refractivity contribution in [1.82, 2.24) is 0 Å². The number of phenols is 2. The summed E-state index contributed by atoms with van der Waals surface area (Å²) in [6.45, 7) is 2.88. The first-order chi connectivity index (χ1) is 16.4. The first-order valence-corrected chi connectivity index (χ1v) is 16.3. The summed E-state index contributed by atoms with van der Waals surface area (Å²) in [5, 5.41) is 20.8. The summed E-state index contributed by atoms with van der Waals surface area (Å²) in [7, 11) is -19.0. The third-order valence-electron chi connectivity index (χ3n) is 5.33. The Morgan fingerprint density at radius 2 is 0.711 bits per heavy atom. The van der Waals surface area contributed by atoms with E-state index < -0.39 is 103 Å². The van der Waals surface area contributed by atoms with E-state index in [1.807, 2.05) is 0 Å². The molecule has 0 saturated heterocycles. The van der Waals surface area contributed by atoms with Crippen molar-refractivity contribution < 1.29 is 91.7 Å². The van der Waals surface area contributed by atoms with Gasteiger partial charge >= 0.3 is 29.6 Å². The molecule has 0 spiro atoms. The second kappa shape index (κ2) is 11.7. The molecule has 0 bridgehead atoms. The van der Waals surface area contributed by atoms with E-state index >= 15 is 0 Å². The van der Waals surface area contributed by atoms with Gasteiger partial charge in [-0.15, -0.1) is 0 Å². The Bertz CT molecular complexity index is 1430. The summed E-state index contributed by atoms with van der Waals surface area (Å²) in [4.78, 5) is 0. The van der Waals surface area contributed by atoms with Gasteiger partial charge in [-0.25, -0.2) is 0 Å². The smallest absolute Gasteiger partial charge is 0.507 e. The predicted octanol–water partition coefficient (Wildman–Crippen LogP) is -2.02. The van der Waals surface area contributed by atoms with Crippen molar-refractivity contribution in [2.75, 3.05) is 0 Å². The molecule has 0 aliphatic rings. The molecule has 6 N–H and O–H groups in total. The Kier molecular flexibility index (Phi) is 10.6. The molecular formula is C19H24NaO14S4+. The van der Waals surface area contributed by atoms with Gasteiger partial charge in [0, 0.05) is 27.7 Å². The Labute approximate surface area is 242 Å². The SMILES string of the molecule is CC(C)(c1cc(CS(=O)(=O)O)c(O)c(CS(=O)(=O)O)c1)c1cc(CS(=O)(=O)O)c(O)c(CS(=O)(=O)O)c1.[Na+]. The molecule has 2 aromatic carbocycles. The zero-order valence-electron chi connectivity index (χ0n) is 20.2. The van der Waals surface area contributed by atoms with Crippen molar-refractivity contribution in [2.24, 2.45) is 0 Å². The van der Waals surface area contributed by atoms with Crippen LogP contribution in [-0.2, 0) is 68.9 Å². The number of aromatic hydroxyl groups is 2. The van der Waals surface area contributed by atoms with Crippen LogP contribution in [0.2, 0.25) is 0 Å². The van der Waals surface area contributed by atoms with Gasteiger partial charge in [-0.3, -0.25) is 18.2 Å². The Morgan fingerprint density at radius 1 is 0.526 bits per heavy atom. The van der Waals surface area contributed by atoms with E-state index in [2.05, 4.69) is 0 Å². The first-order valence-electron chi connectivity index (χ1n) is 9.89. The van der Waals surface area contributed by atoms with Crippen LogP contribution < -0.4 is 29.6 Å². The van der Waals surface area contributed by atoms with Crippen molar-refractivity contribution in [3.63, 3.8) is 0 Å². The Hall–Kier alpha value is -1.32. The minimum atomic E-state index is -4.74. The summed E-state index contributed by atoms with van der Waals surface area (Å²) in [5.41, 5.74) is -3.13. The van der Waals surface area contributed by atoms with Crippen LogP contribution in [0.3, 0.4) is 0 Å². The van der Waals surface area contributed by atoms with Crippen LogP contribution in [0.15, 0.2) is 24.3 Å². The van der Waals surface area contributed by atoms with Gasteiger partial charge in [0.05, 0.1) is 0 Å². The maximum Gasteiger partial charge on any atom is 1.00 e. The van der Waals surface area contributed by atoms with Gasteiger partial charge < -0.3 is 10.2 Å². The fourth-order valence-electron chi connectivity index (χ4n) is 3.63. The van der Waals surface area contributed by atoms with Crippen LogP contribution in [0.1, 0.15) is 47.2 Å². The molecule has 14 nitrogen and oxygen atoms in total. The van der Waals surface area contributed by atoms with E-state index in [0.29, 0.717) is 0 Å². The van der Waals surface area contributed by atoms with Gasteiger partial charge in [0.2, 0.25) is 0 Å². The molecule has 0 aromatic heterocycles. The summed E-state index contributed by atoms with van der Waals surface area (Å²) in [5.74, 6) is -6.31. The molecule has 208 valence electrons. The third-order valence-corrected chi connectivity index (χ3v) is 8.03. The monoisotopic (exact) mass is 627 g/mol. The van der Waals surface area contributed by atoms with Gasteiger partial charge in [0.25, 0.3) is 40.5 Å². The zero-order valence-corrected chi connectivity index (χ0v) is 25.5. The number of hydrogen-bond donors (Lipinski definition) is 6. The molecule has 0 aliphatic heterocycles. The molecule has 0 unspecified atom stereocenters. The van der Waals surface area contributed by atoms with Crippen molar-refractivity contribution in [3.05, 3.63) is 57.6 Å². The number of benzene rings is 2. The predicted molar refractivity (Wildman–Crippen MR) is 129 cm³/mol. The number of hydrogen-bond acceptors (Lipinski definition) is 10. The van der Waals surface area contributed by atoms with Gasteiger partial charge in [-0.05, 0) is 11.1 Å². The van der Waals surface area contributed by atoms with Crippen LogP contribution in [0.5, 0.6) is 11.5 Å².